The summed E-state index contributed by atoms with van der Waals surface area (Å²) in [7, 11) is 0. The maximum Gasteiger partial charge on any atom is 0.220 e. The molecular weight excluding hydrogens is 297 g/mol. The molecule has 0 saturated heterocycles. The molecule has 0 aliphatic heterocycles. The number of carbonyl (C=O) groups is 1. The lowest BCUT2D eigenvalue weighted by molar-refractivity contribution is -0.122. The molecule has 0 spiro atoms. The van der Waals surface area contributed by atoms with E-state index in [4.69, 9.17) is 5.73 Å². The second kappa shape index (κ2) is 9.97. The summed E-state index contributed by atoms with van der Waals surface area (Å²) in [6.45, 7) is 0.673. The van der Waals surface area contributed by atoms with Crippen LogP contribution in [-0.4, -0.2) is 23.5 Å². The molecule has 0 aromatic carbocycles. The van der Waals surface area contributed by atoms with E-state index in [1.165, 1.54) is 0 Å². The molecule has 20 heavy (non-hydrogen) atoms. The van der Waals surface area contributed by atoms with E-state index in [2.05, 4.69) is 10.3 Å². The number of hydrogen-bond acceptors (Lipinski definition) is 3. The van der Waals surface area contributed by atoms with Crippen LogP contribution in [0.4, 0.5) is 0 Å². The molecule has 0 radical (unpaired) electrons. The molecule has 4 nitrogen and oxygen atoms in total. The first-order valence-electron chi connectivity index (χ1n) is 6.67. The second-order valence-electron chi connectivity index (χ2n) is 5.02. The fraction of sp³-hybridized carbons (Fsp3) is 0.571. The van der Waals surface area contributed by atoms with Crippen LogP contribution in [0.2, 0.25) is 0 Å². The van der Waals surface area contributed by atoms with Gasteiger partial charge in [-0.25, -0.2) is 0 Å². The fourth-order valence-corrected chi connectivity index (χ4v) is 2.52. The van der Waals surface area contributed by atoms with E-state index in [1.54, 1.807) is 6.20 Å². The molecule has 114 valence electrons. The summed E-state index contributed by atoms with van der Waals surface area (Å²) in [5.41, 5.74) is 7.11. The highest BCUT2D eigenvalue weighted by molar-refractivity contribution is 5.85. The van der Waals surface area contributed by atoms with Crippen molar-refractivity contribution in [3.05, 3.63) is 30.1 Å². The minimum Gasteiger partial charge on any atom is -0.356 e. The Morgan fingerprint density at radius 1 is 1.40 bits per heavy atom. The van der Waals surface area contributed by atoms with Crippen LogP contribution in [0.5, 0.6) is 0 Å². The molecule has 3 N–H and O–H groups in total. The SMILES string of the molecule is Cl.Cl.N[C@@H]1CCC[C@H]1CC(=O)NCCc1cccnc1. The maximum absolute atomic E-state index is 11.8. The third-order valence-electron chi connectivity index (χ3n) is 3.62. The van der Waals surface area contributed by atoms with E-state index < -0.39 is 0 Å². The smallest absolute Gasteiger partial charge is 0.220 e. The molecule has 1 amide bonds. The van der Waals surface area contributed by atoms with Crippen molar-refractivity contribution in [2.75, 3.05) is 6.54 Å². The van der Waals surface area contributed by atoms with Crippen molar-refractivity contribution in [2.24, 2.45) is 11.7 Å². The first-order chi connectivity index (χ1) is 8.75. The molecule has 1 aromatic rings. The second-order valence-corrected chi connectivity index (χ2v) is 5.02. The molecule has 1 heterocycles. The zero-order valence-electron chi connectivity index (χ0n) is 11.5. The van der Waals surface area contributed by atoms with Gasteiger partial charge in [-0.2, -0.15) is 0 Å². The molecule has 1 aromatic heterocycles. The zero-order chi connectivity index (χ0) is 12.8. The average Bonchev–Trinajstić information content (AvgIpc) is 2.76. The Balaban J connectivity index is 0.00000180. The van der Waals surface area contributed by atoms with Gasteiger partial charge in [0.05, 0.1) is 0 Å². The summed E-state index contributed by atoms with van der Waals surface area (Å²) in [4.78, 5) is 15.8. The fourth-order valence-electron chi connectivity index (χ4n) is 2.52. The van der Waals surface area contributed by atoms with Gasteiger partial charge in [0.15, 0.2) is 0 Å². The van der Waals surface area contributed by atoms with Crippen molar-refractivity contribution in [2.45, 2.75) is 38.1 Å². The van der Waals surface area contributed by atoms with Gasteiger partial charge in [-0.1, -0.05) is 12.5 Å². The monoisotopic (exact) mass is 319 g/mol. The van der Waals surface area contributed by atoms with Gasteiger partial charge in [-0.15, -0.1) is 24.8 Å². The standard InChI is InChI=1S/C14H21N3O.2ClH/c15-13-5-1-4-12(13)9-14(18)17-8-6-11-3-2-7-16-10-11;;/h2-3,7,10,12-13H,1,4-6,8-9,15H2,(H,17,18);2*1H/t12-,13+;;/m0../s1. The van der Waals surface area contributed by atoms with Gasteiger partial charge in [0, 0.05) is 31.4 Å². The number of pyridine rings is 1. The summed E-state index contributed by atoms with van der Waals surface area (Å²) in [5.74, 6) is 0.504. The van der Waals surface area contributed by atoms with Crippen molar-refractivity contribution in [3.8, 4) is 0 Å². The highest BCUT2D eigenvalue weighted by Gasteiger charge is 2.25. The average molecular weight is 320 g/mol. The minimum absolute atomic E-state index is 0. The Kier molecular flexibility index (Phi) is 9.55. The van der Waals surface area contributed by atoms with Crippen LogP contribution in [-0.2, 0) is 11.2 Å². The van der Waals surface area contributed by atoms with E-state index in [-0.39, 0.29) is 36.8 Å². The highest BCUT2D eigenvalue weighted by Crippen LogP contribution is 2.26. The van der Waals surface area contributed by atoms with Crippen molar-refractivity contribution in [1.82, 2.24) is 10.3 Å². The van der Waals surface area contributed by atoms with Gasteiger partial charge in [0.25, 0.3) is 0 Å². The van der Waals surface area contributed by atoms with E-state index >= 15 is 0 Å². The topological polar surface area (TPSA) is 68.0 Å². The van der Waals surface area contributed by atoms with Crippen molar-refractivity contribution in [1.29, 1.82) is 0 Å². The third-order valence-corrected chi connectivity index (χ3v) is 3.62. The van der Waals surface area contributed by atoms with Crippen molar-refractivity contribution >= 4 is 30.7 Å². The Morgan fingerprint density at radius 2 is 2.20 bits per heavy atom. The minimum atomic E-state index is 0. The number of nitrogens with one attached hydrogen (secondary N) is 1. The molecule has 2 atom stereocenters. The van der Waals surface area contributed by atoms with Crippen LogP contribution in [0.15, 0.2) is 24.5 Å². The molecule has 1 fully saturated rings. The molecule has 1 saturated carbocycles. The Bertz CT molecular complexity index is 389. The molecule has 0 bridgehead atoms. The Labute approximate surface area is 132 Å². The van der Waals surface area contributed by atoms with E-state index in [1.807, 2.05) is 18.3 Å². The molecule has 1 aliphatic rings. The molecular formula is C14H23Cl2N3O. The number of nitrogens with zero attached hydrogens (tertiary/aromatic N) is 1. The number of nitrogens with two attached hydrogens (primary N) is 1. The summed E-state index contributed by atoms with van der Waals surface area (Å²) in [6.07, 6.45) is 8.31. The van der Waals surface area contributed by atoms with Gasteiger partial charge in [-0.05, 0) is 36.8 Å². The number of carbonyl (C=O) groups excluding carboxylic acids is 1. The first-order valence-corrected chi connectivity index (χ1v) is 6.67. The number of aromatic nitrogens is 1. The van der Waals surface area contributed by atoms with Gasteiger partial charge in [-0.3, -0.25) is 9.78 Å². The summed E-state index contributed by atoms with van der Waals surface area (Å²) < 4.78 is 0. The number of rotatable bonds is 5. The molecule has 2 rings (SSSR count). The van der Waals surface area contributed by atoms with Crippen LogP contribution >= 0.6 is 24.8 Å². The normalized spacial score (nSPS) is 20.6. The summed E-state index contributed by atoms with van der Waals surface area (Å²) >= 11 is 0. The molecule has 6 heteroatoms. The largest absolute Gasteiger partial charge is 0.356 e. The van der Waals surface area contributed by atoms with Crippen LogP contribution in [0.1, 0.15) is 31.2 Å². The lowest BCUT2D eigenvalue weighted by Crippen LogP contribution is -2.32. The summed E-state index contributed by atoms with van der Waals surface area (Å²) in [5, 5.41) is 2.96. The van der Waals surface area contributed by atoms with E-state index in [9.17, 15) is 4.79 Å². The van der Waals surface area contributed by atoms with Gasteiger partial charge < -0.3 is 11.1 Å². The quantitative estimate of drug-likeness (QED) is 0.873. The van der Waals surface area contributed by atoms with Crippen LogP contribution in [0, 0.1) is 5.92 Å². The van der Waals surface area contributed by atoms with Gasteiger partial charge in [0.2, 0.25) is 5.91 Å². The zero-order valence-corrected chi connectivity index (χ0v) is 13.1. The van der Waals surface area contributed by atoms with Crippen molar-refractivity contribution < 1.29 is 4.79 Å². The summed E-state index contributed by atoms with van der Waals surface area (Å²) in [6, 6.07) is 4.15. The Morgan fingerprint density at radius 3 is 2.80 bits per heavy atom. The van der Waals surface area contributed by atoms with Crippen LogP contribution in [0.25, 0.3) is 0 Å². The first kappa shape index (κ1) is 19.2. The van der Waals surface area contributed by atoms with Gasteiger partial charge >= 0.3 is 0 Å². The highest BCUT2D eigenvalue weighted by atomic mass is 35.5. The lowest BCUT2D eigenvalue weighted by atomic mass is 10.00. The molecule has 1 aliphatic carbocycles. The van der Waals surface area contributed by atoms with E-state index in [0.29, 0.717) is 18.9 Å². The third kappa shape index (κ3) is 6.07. The predicted octanol–water partition coefficient (Wildman–Crippen LogP) is 2.10. The number of amides is 1. The predicted molar refractivity (Wildman–Crippen MR) is 85.4 cm³/mol. The maximum atomic E-state index is 11.8. The van der Waals surface area contributed by atoms with Crippen molar-refractivity contribution in [3.63, 3.8) is 0 Å². The molecule has 0 unspecified atom stereocenters. The lowest BCUT2D eigenvalue weighted by Gasteiger charge is -2.14. The van der Waals surface area contributed by atoms with E-state index in [0.717, 1.165) is 31.2 Å². The number of halogens is 2. The number of hydrogen-bond donors (Lipinski definition) is 2. The Hall–Kier alpha value is -0.840. The van der Waals surface area contributed by atoms with Crippen LogP contribution < -0.4 is 11.1 Å². The van der Waals surface area contributed by atoms with Gasteiger partial charge in [0.1, 0.15) is 0 Å². The van der Waals surface area contributed by atoms with Crippen LogP contribution in [0.3, 0.4) is 0 Å².